The van der Waals surface area contributed by atoms with Crippen LogP contribution in [0.25, 0.3) is 0 Å². The van der Waals surface area contributed by atoms with E-state index in [2.05, 4.69) is 13.8 Å². The highest BCUT2D eigenvalue weighted by atomic mass is 16.5. The largest absolute Gasteiger partial charge is 0.494 e. The van der Waals surface area contributed by atoms with Crippen molar-refractivity contribution in [2.75, 3.05) is 13.2 Å². The van der Waals surface area contributed by atoms with Crippen molar-refractivity contribution in [2.24, 2.45) is 0 Å². The molecule has 2 N–H and O–H groups in total. The summed E-state index contributed by atoms with van der Waals surface area (Å²) in [4.78, 5) is 0. The summed E-state index contributed by atoms with van der Waals surface area (Å²) in [6.07, 6.45) is 6.48. The van der Waals surface area contributed by atoms with Crippen molar-refractivity contribution in [3.8, 4) is 11.5 Å². The molecule has 0 fully saturated rings. The van der Waals surface area contributed by atoms with Crippen molar-refractivity contribution >= 4 is 0 Å². The number of benzene rings is 2. The van der Waals surface area contributed by atoms with E-state index in [-0.39, 0.29) is 0 Å². The number of rotatable bonds is 15. The summed E-state index contributed by atoms with van der Waals surface area (Å²) in [5, 5.41) is 20.8. The van der Waals surface area contributed by atoms with Crippen LogP contribution in [0.4, 0.5) is 0 Å². The average molecular weight is 415 g/mol. The predicted molar refractivity (Wildman–Crippen MR) is 122 cm³/mol. The number of hydrogen-bond acceptors (Lipinski definition) is 4. The van der Waals surface area contributed by atoms with Gasteiger partial charge in [0.05, 0.1) is 25.4 Å². The summed E-state index contributed by atoms with van der Waals surface area (Å²) < 4.78 is 11.3. The van der Waals surface area contributed by atoms with Crippen molar-refractivity contribution in [1.82, 2.24) is 0 Å². The Hall–Kier alpha value is -2.04. The fraction of sp³-hybridized carbons (Fsp3) is 0.538. The van der Waals surface area contributed by atoms with E-state index < -0.39 is 12.2 Å². The molecular weight excluding hydrogens is 376 g/mol. The van der Waals surface area contributed by atoms with Gasteiger partial charge >= 0.3 is 0 Å². The summed E-state index contributed by atoms with van der Waals surface area (Å²) in [7, 11) is 0. The zero-order chi connectivity index (χ0) is 21.6. The summed E-state index contributed by atoms with van der Waals surface area (Å²) in [5.41, 5.74) is 1.83. The van der Waals surface area contributed by atoms with E-state index in [0.717, 1.165) is 74.4 Å². The minimum atomic E-state index is -0.480. The summed E-state index contributed by atoms with van der Waals surface area (Å²) >= 11 is 0. The lowest BCUT2D eigenvalue weighted by Crippen LogP contribution is -2.01. The Morgan fingerprint density at radius 1 is 0.600 bits per heavy atom. The van der Waals surface area contributed by atoms with Crippen molar-refractivity contribution < 1.29 is 19.7 Å². The lowest BCUT2D eigenvalue weighted by Gasteiger charge is -2.14. The van der Waals surface area contributed by atoms with E-state index in [1.165, 1.54) is 0 Å². The maximum Gasteiger partial charge on any atom is 0.119 e. The van der Waals surface area contributed by atoms with Crippen LogP contribution >= 0.6 is 0 Å². The topological polar surface area (TPSA) is 58.9 Å². The molecule has 0 aromatic heterocycles. The minimum absolute atomic E-state index is 0.480. The van der Waals surface area contributed by atoms with Crippen LogP contribution in [-0.4, -0.2) is 23.4 Å². The van der Waals surface area contributed by atoms with Gasteiger partial charge < -0.3 is 19.7 Å². The van der Waals surface area contributed by atoms with Crippen LogP contribution in [-0.2, 0) is 0 Å². The lowest BCUT2D eigenvalue weighted by atomic mass is 9.99. The first-order chi connectivity index (χ1) is 14.6. The molecule has 4 heteroatoms. The van der Waals surface area contributed by atoms with Crippen molar-refractivity contribution in [2.45, 2.75) is 77.4 Å². The Morgan fingerprint density at radius 2 is 0.967 bits per heavy atom. The second kappa shape index (κ2) is 14.1. The molecule has 0 saturated heterocycles. The van der Waals surface area contributed by atoms with Gasteiger partial charge in [-0.2, -0.15) is 0 Å². The van der Waals surface area contributed by atoms with Crippen LogP contribution in [0.1, 0.15) is 88.5 Å². The number of unbranched alkanes of at least 4 members (excludes halogenated alkanes) is 3. The Labute approximate surface area is 181 Å². The second-order valence-corrected chi connectivity index (χ2v) is 7.86. The highest BCUT2D eigenvalue weighted by Crippen LogP contribution is 2.26. The second-order valence-electron chi connectivity index (χ2n) is 7.86. The molecule has 4 nitrogen and oxygen atoms in total. The van der Waals surface area contributed by atoms with Crippen LogP contribution in [0.5, 0.6) is 11.5 Å². The molecule has 0 amide bonds. The van der Waals surface area contributed by atoms with Gasteiger partial charge in [0.1, 0.15) is 11.5 Å². The summed E-state index contributed by atoms with van der Waals surface area (Å²) in [5.74, 6) is 1.70. The molecule has 2 aromatic carbocycles. The van der Waals surface area contributed by atoms with Gasteiger partial charge in [-0.25, -0.2) is 0 Å². The molecule has 166 valence electrons. The Balaban J connectivity index is 1.67. The van der Waals surface area contributed by atoms with Gasteiger partial charge in [-0.05, 0) is 61.1 Å². The predicted octanol–water partition coefficient (Wildman–Crippen LogP) is 6.37. The Kier molecular flexibility index (Phi) is 11.3. The van der Waals surface area contributed by atoms with Crippen LogP contribution in [0.15, 0.2) is 48.5 Å². The molecule has 0 saturated carbocycles. The molecule has 2 aromatic rings. The van der Waals surface area contributed by atoms with E-state index in [9.17, 15) is 10.2 Å². The van der Waals surface area contributed by atoms with Crippen LogP contribution in [0.2, 0.25) is 0 Å². The average Bonchev–Trinajstić information content (AvgIpc) is 2.77. The number of aliphatic hydroxyl groups excluding tert-OH is 2. The molecule has 2 atom stereocenters. The van der Waals surface area contributed by atoms with Crippen LogP contribution in [0, 0.1) is 0 Å². The SMILES string of the molecule is CCCCOc1ccc([C@@H](O)CCCC[C@H](O)c2ccc(OCCCC)cc2)cc1. The molecule has 2 rings (SSSR count). The fourth-order valence-electron chi connectivity index (χ4n) is 3.25. The summed E-state index contributed by atoms with van der Waals surface area (Å²) in [6.45, 7) is 5.74. The zero-order valence-corrected chi connectivity index (χ0v) is 18.6. The van der Waals surface area contributed by atoms with E-state index in [1.807, 2.05) is 48.5 Å². The third-order valence-corrected chi connectivity index (χ3v) is 5.27. The van der Waals surface area contributed by atoms with Crippen molar-refractivity contribution in [3.05, 3.63) is 59.7 Å². The lowest BCUT2D eigenvalue weighted by molar-refractivity contribution is 0.146. The van der Waals surface area contributed by atoms with Gasteiger partial charge in [0.2, 0.25) is 0 Å². The van der Waals surface area contributed by atoms with E-state index in [4.69, 9.17) is 9.47 Å². The van der Waals surface area contributed by atoms with Gasteiger partial charge in [0.15, 0.2) is 0 Å². The van der Waals surface area contributed by atoms with Gasteiger partial charge in [0, 0.05) is 0 Å². The van der Waals surface area contributed by atoms with E-state index in [0.29, 0.717) is 12.8 Å². The standard InChI is InChI=1S/C26H38O4/c1-3-5-19-29-23-15-11-21(12-16-23)25(27)9-7-8-10-26(28)22-13-17-24(18-14-22)30-20-6-4-2/h11-18,25-28H,3-10,19-20H2,1-2H3/t25-,26-/m0/s1. The maximum atomic E-state index is 10.4. The number of aliphatic hydroxyl groups is 2. The third-order valence-electron chi connectivity index (χ3n) is 5.27. The molecule has 0 aliphatic rings. The molecule has 30 heavy (non-hydrogen) atoms. The van der Waals surface area contributed by atoms with Crippen molar-refractivity contribution in [1.29, 1.82) is 0 Å². The molecule has 0 bridgehead atoms. The molecule has 0 spiro atoms. The highest BCUT2D eigenvalue weighted by molar-refractivity contribution is 5.29. The Morgan fingerprint density at radius 3 is 1.30 bits per heavy atom. The van der Waals surface area contributed by atoms with Crippen molar-refractivity contribution in [3.63, 3.8) is 0 Å². The molecule has 0 aliphatic heterocycles. The summed E-state index contributed by atoms with van der Waals surface area (Å²) in [6, 6.07) is 15.4. The van der Waals surface area contributed by atoms with Gasteiger partial charge in [-0.15, -0.1) is 0 Å². The quantitative estimate of drug-likeness (QED) is 0.332. The molecule has 0 unspecified atom stereocenters. The molecular formula is C26H38O4. The van der Waals surface area contributed by atoms with Gasteiger partial charge in [-0.3, -0.25) is 0 Å². The van der Waals surface area contributed by atoms with E-state index >= 15 is 0 Å². The highest BCUT2D eigenvalue weighted by Gasteiger charge is 2.10. The van der Waals surface area contributed by atoms with Gasteiger partial charge in [0.25, 0.3) is 0 Å². The number of hydrogen-bond donors (Lipinski definition) is 2. The molecule has 0 radical (unpaired) electrons. The maximum absolute atomic E-state index is 10.4. The normalized spacial score (nSPS) is 13.1. The molecule has 0 aliphatic carbocycles. The first-order valence-corrected chi connectivity index (χ1v) is 11.5. The molecule has 0 heterocycles. The third kappa shape index (κ3) is 8.76. The minimum Gasteiger partial charge on any atom is -0.494 e. The number of ether oxygens (including phenoxy) is 2. The zero-order valence-electron chi connectivity index (χ0n) is 18.6. The monoisotopic (exact) mass is 414 g/mol. The Bertz CT molecular complexity index is 620. The smallest absolute Gasteiger partial charge is 0.119 e. The van der Waals surface area contributed by atoms with Crippen LogP contribution in [0.3, 0.4) is 0 Å². The fourth-order valence-corrected chi connectivity index (χ4v) is 3.25. The van der Waals surface area contributed by atoms with E-state index in [1.54, 1.807) is 0 Å². The first kappa shape index (κ1) is 24.2. The van der Waals surface area contributed by atoms with Crippen LogP contribution < -0.4 is 9.47 Å². The van der Waals surface area contributed by atoms with Gasteiger partial charge in [-0.1, -0.05) is 63.8 Å². The first-order valence-electron chi connectivity index (χ1n) is 11.5.